The van der Waals surface area contributed by atoms with Gasteiger partial charge in [-0.25, -0.2) is 0 Å². The van der Waals surface area contributed by atoms with Gasteiger partial charge in [0.25, 0.3) is 0 Å². The molecule has 3 heteroatoms. The van der Waals surface area contributed by atoms with Gasteiger partial charge in [-0.15, -0.1) is 0 Å². The second kappa shape index (κ2) is 4.36. The summed E-state index contributed by atoms with van der Waals surface area (Å²) in [5, 5.41) is 5.39. The predicted octanol–water partition coefficient (Wildman–Crippen LogP) is 2.26. The third kappa shape index (κ3) is 2.39. The molecule has 1 fully saturated rings. The first-order valence-electron chi connectivity index (χ1n) is 5.33. The normalized spacial score (nSPS) is 28.4. The van der Waals surface area contributed by atoms with E-state index in [0.29, 0.717) is 0 Å². The van der Waals surface area contributed by atoms with Crippen LogP contribution in [-0.2, 0) is 0 Å². The highest BCUT2D eigenvalue weighted by molar-refractivity contribution is 8.14. The minimum absolute atomic E-state index is 0.740. The average molecular weight is 198 g/mol. The van der Waals surface area contributed by atoms with Crippen molar-refractivity contribution in [1.29, 1.82) is 0 Å². The monoisotopic (exact) mass is 198 g/mol. The van der Waals surface area contributed by atoms with Gasteiger partial charge < -0.3 is 5.32 Å². The summed E-state index contributed by atoms with van der Waals surface area (Å²) in [5.41, 5.74) is 0. The first kappa shape index (κ1) is 9.38. The number of thioether (sulfide) groups is 1. The summed E-state index contributed by atoms with van der Waals surface area (Å²) in [4.78, 5) is 4.49. The molecule has 0 aromatic heterocycles. The summed E-state index contributed by atoms with van der Waals surface area (Å²) in [6, 6.07) is 0. The van der Waals surface area contributed by atoms with Gasteiger partial charge in [0.1, 0.15) is 0 Å². The zero-order valence-corrected chi connectivity index (χ0v) is 9.07. The summed E-state index contributed by atoms with van der Waals surface area (Å²) in [6.45, 7) is 4.42. The molecule has 2 nitrogen and oxygen atoms in total. The first-order chi connectivity index (χ1) is 6.38. The van der Waals surface area contributed by atoms with E-state index in [-0.39, 0.29) is 0 Å². The van der Waals surface area contributed by atoms with Crippen molar-refractivity contribution in [3.63, 3.8) is 0 Å². The molecule has 1 aliphatic heterocycles. The van der Waals surface area contributed by atoms with Gasteiger partial charge in [-0.2, -0.15) is 0 Å². The highest BCUT2D eigenvalue weighted by Crippen LogP contribution is 2.26. The molecule has 0 amide bonds. The minimum atomic E-state index is 0.740. The Hall–Kier alpha value is -0.180. The van der Waals surface area contributed by atoms with E-state index in [1.54, 1.807) is 0 Å². The van der Waals surface area contributed by atoms with E-state index in [1.165, 1.54) is 30.9 Å². The van der Waals surface area contributed by atoms with Crippen LogP contribution in [0.4, 0.5) is 0 Å². The number of nitrogens with zero attached hydrogens (tertiary/aromatic N) is 1. The van der Waals surface area contributed by atoms with Crippen molar-refractivity contribution in [2.45, 2.75) is 37.9 Å². The van der Waals surface area contributed by atoms with Gasteiger partial charge in [-0.1, -0.05) is 25.1 Å². The standard InChI is InChI=1S/C10H18N2S/c1-2-9-7-12-10(13-9)11-6-8-4-3-5-8/h8-9H,2-7H2,1H3,(H,11,12). The largest absolute Gasteiger partial charge is 0.365 e. The topological polar surface area (TPSA) is 24.4 Å². The van der Waals surface area contributed by atoms with E-state index in [1.807, 2.05) is 11.8 Å². The molecular formula is C10H18N2S. The van der Waals surface area contributed by atoms with Crippen LogP contribution in [0.5, 0.6) is 0 Å². The number of amidine groups is 1. The second-order valence-corrected chi connectivity index (χ2v) is 5.26. The number of hydrogen-bond acceptors (Lipinski definition) is 3. The van der Waals surface area contributed by atoms with E-state index in [0.717, 1.165) is 24.3 Å². The van der Waals surface area contributed by atoms with Gasteiger partial charge in [-0.05, 0) is 25.2 Å². The maximum Gasteiger partial charge on any atom is 0.156 e. The summed E-state index contributed by atoms with van der Waals surface area (Å²) in [5.74, 6) is 0.934. The van der Waals surface area contributed by atoms with Crippen LogP contribution in [0.3, 0.4) is 0 Å². The van der Waals surface area contributed by atoms with E-state index in [2.05, 4.69) is 17.2 Å². The molecule has 2 rings (SSSR count). The highest BCUT2D eigenvalue weighted by atomic mass is 32.2. The fourth-order valence-corrected chi connectivity index (χ4v) is 2.60. The van der Waals surface area contributed by atoms with Crippen LogP contribution in [0.1, 0.15) is 32.6 Å². The Labute approximate surface area is 84.6 Å². The molecule has 0 bridgehead atoms. The quantitative estimate of drug-likeness (QED) is 0.752. The summed E-state index contributed by atoms with van der Waals surface area (Å²) in [6.07, 6.45) is 5.51. The molecule has 1 saturated carbocycles. The van der Waals surface area contributed by atoms with Crippen molar-refractivity contribution in [3.8, 4) is 0 Å². The molecule has 1 heterocycles. The maximum absolute atomic E-state index is 4.49. The Morgan fingerprint density at radius 1 is 1.54 bits per heavy atom. The Balaban J connectivity index is 1.65. The average Bonchev–Trinajstić information content (AvgIpc) is 2.49. The maximum atomic E-state index is 4.49. The summed E-state index contributed by atoms with van der Waals surface area (Å²) in [7, 11) is 0. The Morgan fingerprint density at radius 3 is 2.92 bits per heavy atom. The first-order valence-corrected chi connectivity index (χ1v) is 6.21. The zero-order chi connectivity index (χ0) is 9.10. The Morgan fingerprint density at radius 2 is 2.38 bits per heavy atom. The lowest BCUT2D eigenvalue weighted by atomic mass is 9.86. The van der Waals surface area contributed by atoms with Gasteiger partial charge in [0.15, 0.2) is 5.17 Å². The van der Waals surface area contributed by atoms with Crippen LogP contribution in [-0.4, -0.2) is 23.5 Å². The molecule has 1 N–H and O–H groups in total. The number of aliphatic imine (C=N–C) groups is 1. The third-order valence-corrected chi connectivity index (χ3v) is 4.25. The van der Waals surface area contributed by atoms with E-state index in [4.69, 9.17) is 0 Å². The van der Waals surface area contributed by atoms with Crippen molar-refractivity contribution in [1.82, 2.24) is 5.32 Å². The predicted molar refractivity (Wildman–Crippen MR) is 59.3 cm³/mol. The van der Waals surface area contributed by atoms with Gasteiger partial charge in [0.2, 0.25) is 0 Å². The van der Waals surface area contributed by atoms with Gasteiger partial charge in [-0.3, -0.25) is 4.99 Å². The molecule has 13 heavy (non-hydrogen) atoms. The SMILES string of the molecule is CCC1CN=C(NCC2CCC2)S1. The van der Waals surface area contributed by atoms with Crippen LogP contribution in [0.2, 0.25) is 0 Å². The van der Waals surface area contributed by atoms with Gasteiger partial charge in [0.05, 0.1) is 6.54 Å². The molecule has 0 aromatic carbocycles. The molecule has 0 saturated heterocycles. The minimum Gasteiger partial charge on any atom is -0.365 e. The Kier molecular flexibility index (Phi) is 3.14. The van der Waals surface area contributed by atoms with Crippen molar-refractivity contribution >= 4 is 16.9 Å². The summed E-state index contributed by atoms with van der Waals surface area (Å²) < 4.78 is 0. The van der Waals surface area contributed by atoms with E-state index in [9.17, 15) is 0 Å². The van der Waals surface area contributed by atoms with Gasteiger partial charge in [0, 0.05) is 11.8 Å². The lowest BCUT2D eigenvalue weighted by Gasteiger charge is -2.25. The zero-order valence-electron chi connectivity index (χ0n) is 8.25. The van der Waals surface area contributed by atoms with Crippen LogP contribution < -0.4 is 5.32 Å². The smallest absolute Gasteiger partial charge is 0.156 e. The van der Waals surface area contributed by atoms with Crippen LogP contribution in [0, 0.1) is 5.92 Å². The van der Waals surface area contributed by atoms with E-state index < -0.39 is 0 Å². The van der Waals surface area contributed by atoms with Gasteiger partial charge >= 0.3 is 0 Å². The fraction of sp³-hybridized carbons (Fsp3) is 0.900. The van der Waals surface area contributed by atoms with Crippen molar-refractivity contribution in [3.05, 3.63) is 0 Å². The lowest BCUT2D eigenvalue weighted by Crippen LogP contribution is -2.30. The van der Waals surface area contributed by atoms with Crippen molar-refractivity contribution in [2.24, 2.45) is 10.9 Å². The van der Waals surface area contributed by atoms with Crippen LogP contribution in [0.15, 0.2) is 4.99 Å². The van der Waals surface area contributed by atoms with Crippen molar-refractivity contribution in [2.75, 3.05) is 13.1 Å². The lowest BCUT2D eigenvalue weighted by molar-refractivity contribution is 0.316. The molecule has 74 valence electrons. The summed E-state index contributed by atoms with van der Waals surface area (Å²) >= 11 is 1.93. The third-order valence-electron chi connectivity index (χ3n) is 2.94. The fourth-order valence-electron chi connectivity index (χ4n) is 1.66. The molecule has 1 atom stereocenters. The highest BCUT2D eigenvalue weighted by Gasteiger charge is 2.21. The number of rotatable bonds is 3. The molecule has 0 radical (unpaired) electrons. The molecular weight excluding hydrogens is 180 g/mol. The molecule has 0 spiro atoms. The number of hydrogen-bond donors (Lipinski definition) is 1. The van der Waals surface area contributed by atoms with E-state index >= 15 is 0 Å². The Bertz CT molecular complexity index is 199. The van der Waals surface area contributed by atoms with Crippen molar-refractivity contribution < 1.29 is 0 Å². The molecule has 1 aliphatic carbocycles. The number of nitrogens with one attached hydrogen (secondary N) is 1. The molecule has 0 aromatic rings. The molecule has 2 aliphatic rings. The second-order valence-electron chi connectivity index (χ2n) is 3.97. The van der Waals surface area contributed by atoms with Crippen LogP contribution >= 0.6 is 11.8 Å². The molecule has 1 unspecified atom stereocenters. The van der Waals surface area contributed by atoms with Crippen LogP contribution in [0.25, 0.3) is 0 Å².